The van der Waals surface area contributed by atoms with Crippen molar-refractivity contribution >= 4 is 7.82 Å². The Morgan fingerprint density at radius 2 is 1.69 bits per heavy atom. The fourth-order valence-electron chi connectivity index (χ4n) is 1.27. The standard InChI is InChI=1S/C10H13O5P/c1-12-9-3-5-10(6-4-9)15-16(11)13-7-2-8-14-16/h3-6H,2,7-8H2,1H3. The Hall–Kier alpha value is -1.03. The molecule has 0 radical (unpaired) electrons. The van der Waals surface area contributed by atoms with Crippen molar-refractivity contribution in [3.63, 3.8) is 0 Å². The summed E-state index contributed by atoms with van der Waals surface area (Å²) in [4.78, 5) is 0. The quantitative estimate of drug-likeness (QED) is 0.765. The van der Waals surface area contributed by atoms with Crippen molar-refractivity contribution in [2.45, 2.75) is 6.42 Å². The molecule has 1 aliphatic rings. The molecule has 0 unspecified atom stereocenters. The summed E-state index contributed by atoms with van der Waals surface area (Å²) in [7, 11) is -1.83. The molecule has 0 amide bonds. The highest BCUT2D eigenvalue weighted by atomic mass is 31.2. The van der Waals surface area contributed by atoms with Gasteiger partial charge in [0.25, 0.3) is 0 Å². The highest BCUT2D eigenvalue weighted by Crippen LogP contribution is 2.51. The van der Waals surface area contributed by atoms with E-state index in [1.807, 2.05) is 0 Å². The first-order valence-corrected chi connectivity index (χ1v) is 6.41. The van der Waals surface area contributed by atoms with Crippen molar-refractivity contribution in [2.75, 3.05) is 20.3 Å². The monoisotopic (exact) mass is 244 g/mol. The average Bonchev–Trinajstić information content (AvgIpc) is 2.30. The zero-order chi connectivity index (χ0) is 11.4. The van der Waals surface area contributed by atoms with Gasteiger partial charge in [0, 0.05) is 0 Å². The van der Waals surface area contributed by atoms with E-state index in [0.717, 1.165) is 6.42 Å². The molecule has 1 aromatic carbocycles. The molecule has 0 aliphatic carbocycles. The van der Waals surface area contributed by atoms with Crippen LogP contribution in [0.25, 0.3) is 0 Å². The van der Waals surface area contributed by atoms with Gasteiger partial charge < -0.3 is 9.26 Å². The molecule has 88 valence electrons. The lowest BCUT2D eigenvalue weighted by Crippen LogP contribution is -2.11. The van der Waals surface area contributed by atoms with Crippen LogP contribution in [0.15, 0.2) is 24.3 Å². The normalized spacial score (nSPS) is 19.1. The fourth-order valence-corrected chi connectivity index (χ4v) is 2.53. The topological polar surface area (TPSA) is 54.0 Å². The summed E-state index contributed by atoms with van der Waals surface area (Å²) >= 11 is 0. The number of rotatable bonds is 3. The van der Waals surface area contributed by atoms with Crippen LogP contribution in [-0.2, 0) is 13.6 Å². The second-order valence-electron chi connectivity index (χ2n) is 3.23. The van der Waals surface area contributed by atoms with Crippen LogP contribution in [0.4, 0.5) is 0 Å². The van der Waals surface area contributed by atoms with Crippen molar-refractivity contribution in [1.29, 1.82) is 0 Å². The molecule has 0 spiro atoms. The molecule has 6 heteroatoms. The molecule has 2 rings (SSSR count). The van der Waals surface area contributed by atoms with Gasteiger partial charge in [0.1, 0.15) is 11.5 Å². The first-order valence-electron chi connectivity index (χ1n) is 4.95. The van der Waals surface area contributed by atoms with E-state index in [1.165, 1.54) is 0 Å². The van der Waals surface area contributed by atoms with Crippen molar-refractivity contribution in [3.05, 3.63) is 24.3 Å². The summed E-state index contributed by atoms with van der Waals surface area (Å²) < 4.78 is 32.1. The zero-order valence-electron chi connectivity index (χ0n) is 8.92. The summed E-state index contributed by atoms with van der Waals surface area (Å²) in [5.41, 5.74) is 0. The Labute approximate surface area is 93.9 Å². The van der Waals surface area contributed by atoms with E-state index in [4.69, 9.17) is 18.3 Å². The summed E-state index contributed by atoms with van der Waals surface area (Å²) in [6.07, 6.45) is 0.732. The molecule has 1 aliphatic heterocycles. The third kappa shape index (κ3) is 2.76. The molecule has 0 bridgehead atoms. The van der Waals surface area contributed by atoms with Gasteiger partial charge in [-0.3, -0.25) is 9.05 Å². The maximum atomic E-state index is 11.9. The third-order valence-corrected chi connectivity index (χ3v) is 3.50. The first-order chi connectivity index (χ1) is 7.72. The highest BCUT2D eigenvalue weighted by molar-refractivity contribution is 7.49. The number of hydrogen-bond acceptors (Lipinski definition) is 5. The van der Waals surface area contributed by atoms with Gasteiger partial charge in [-0.05, 0) is 30.7 Å². The number of ether oxygens (including phenoxy) is 1. The maximum Gasteiger partial charge on any atom is 0.530 e. The summed E-state index contributed by atoms with van der Waals surface area (Å²) in [6.45, 7) is 0.793. The van der Waals surface area contributed by atoms with Crippen LogP contribution in [0, 0.1) is 0 Å². The molecule has 1 saturated heterocycles. The molecule has 0 N–H and O–H groups in total. The smallest absolute Gasteiger partial charge is 0.497 e. The predicted molar refractivity (Wildman–Crippen MR) is 57.7 cm³/mol. The molecule has 5 nitrogen and oxygen atoms in total. The second kappa shape index (κ2) is 4.87. The number of methoxy groups -OCH3 is 1. The highest BCUT2D eigenvalue weighted by Gasteiger charge is 2.31. The van der Waals surface area contributed by atoms with Gasteiger partial charge in [0.2, 0.25) is 0 Å². The molecule has 1 fully saturated rings. The van der Waals surface area contributed by atoms with E-state index < -0.39 is 7.82 Å². The lowest BCUT2D eigenvalue weighted by molar-refractivity contribution is 0.107. The van der Waals surface area contributed by atoms with E-state index in [-0.39, 0.29) is 0 Å². The van der Waals surface area contributed by atoms with Gasteiger partial charge in [-0.15, -0.1) is 0 Å². The average molecular weight is 244 g/mol. The van der Waals surface area contributed by atoms with Gasteiger partial charge >= 0.3 is 7.82 Å². The molecule has 1 aromatic rings. The maximum absolute atomic E-state index is 11.9. The minimum atomic E-state index is -3.40. The third-order valence-electron chi connectivity index (χ3n) is 2.06. The van der Waals surface area contributed by atoms with Crippen LogP contribution < -0.4 is 9.26 Å². The van der Waals surface area contributed by atoms with Gasteiger partial charge in [0.05, 0.1) is 20.3 Å². The molecular formula is C10H13O5P. The second-order valence-corrected chi connectivity index (χ2v) is 4.83. The lowest BCUT2D eigenvalue weighted by Gasteiger charge is -2.22. The van der Waals surface area contributed by atoms with Gasteiger partial charge in [-0.2, -0.15) is 0 Å². The van der Waals surface area contributed by atoms with Crippen molar-refractivity contribution in [1.82, 2.24) is 0 Å². The lowest BCUT2D eigenvalue weighted by atomic mass is 10.3. The van der Waals surface area contributed by atoms with Crippen molar-refractivity contribution in [2.24, 2.45) is 0 Å². The predicted octanol–water partition coefficient (Wildman–Crippen LogP) is 2.62. The van der Waals surface area contributed by atoms with Crippen LogP contribution in [-0.4, -0.2) is 20.3 Å². The largest absolute Gasteiger partial charge is 0.530 e. The Morgan fingerprint density at radius 1 is 1.12 bits per heavy atom. The zero-order valence-corrected chi connectivity index (χ0v) is 9.81. The number of benzene rings is 1. The molecule has 0 aromatic heterocycles. The summed E-state index contributed by atoms with van der Waals surface area (Å²) in [5, 5.41) is 0. The number of hydrogen-bond donors (Lipinski definition) is 0. The Kier molecular flexibility index (Phi) is 3.49. The van der Waals surface area contributed by atoms with Gasteiger partial charge in [-0.25, -0.2) is 4.57 Å². The Bertz CT molecular complexity index is 379. The Morgan fingerprint density at radius 3 is 2.25 bits per heavy atom. The van der Waals surface area contributed by atoms with E-state index in [1.54, 1.807) is 31.4 Å². The van der Waals surface area contributed by atoms with Crippen LogP contribution in [0.1, 0.15) is 6.42 Å². The molecule has 0 atom stereocenters. The molecule has 16 heavy (non-hydrogen) atoms. The summed E-state index contributed by atoms with van der Waals surface area (Å²) in [6, 6.07) is 6.73. The van der Waals surface area contributed by atoms with Crippen molar-refractivity contribution in [3.8, 4) is 11.5 Å². The number of phosphoric acid groups is 1. The van der Waals surface area contributed by atoms with Crippen LogP contribution in [0.3, 0.4) is 0 Å². The fraction of sp³-hybridized carbons (Fsp3) is 0.400. The van der Waals surface area contributed by atoms with Crippen molar-refractivity contribution < 1.29 is 22.9 Å². The molecule has 1 heterocycles. The summed E-state index contributed by atoms with van der Waals surface area (Å²) in [5.74, 6) is 1.14. The van der Waals surface area contributed by atoms with E-state index >= 15 is 0 Å². The van der Waals surface area contributed by atoms with Gasteiger partial charge in [-0.1, -0.05) is 0 Å². The molecular weight excluding hydrogens is 231 g/mol. The molecule has 0 saturated carbocycles. The Balaban J connectivity index is 2.04. The van der Waals surface area contributed by atoms with Gasteiger partial charge in [0.15, 0.2) is 0 Å². The van der Waals surface area contributed by atoms with Crippen LogP contribution in [0.5, 0.6) is 11.5 Å². The van der Waals surface area contributed by atoms with E-state index in [9.17, 15) is 4.57 Å². The van der Waals surface area contributed by atoms with E-state index in [2.05, 4.69) is 0 Å². The van der Waals surface area contributed by atoms with Crippen LogP contribution in [0.2, 0.25) is 0 Å². The minimum absolute atomic E-state index is 0.396. The van der Waals surface area contributed by atoms with E-state index in [0.29, 0.717) is 24.7 Å². The first kappa shape index (κ1) is 11.5. The SMILES string of the molecule is COc1ccc(OP2(=O)OCCCO2)cc1. The number of phosphoric ester groups is 1. The minimum Gasteiger partial charge on any atom is -0.497 e. The van der Waals surface area contributed by atoms with Crippen LogP contribution >= 0.6 is 7.82 Å².